The van der Waals surface area contributed by atoms with E-state index in [1.54, 1.807) is 0 Å². The van der Waals surface area contributed by atoms with Crippen LogP contribution < -0.4 is 5.32 Å². The number of nitrogens with one attached hydrogen (secondary N) is 1. The molecule has 0 spiro atoms. The van der Waals surface area contributed by atoms with Crippen LogP contribution in [0, 0.1) is 17.6 Å². The van der Waals surface area contributed by atoms with E-state index >= 15 is 4.39 Å². The summed E-state index contributed by atoms with van der Waals surface area (Å²) in [5.74, 6) is -7.74. The number of likely N-dealkylation sites (tertiary alicyclic amines) is 1. The Hall–Kier alpha value is -3.55. The Bertz CT molecular complexity index is 1520. The van der Waals surface area contributed by atoms with Crippen molar-refractivity contribution in [3.8, 4) is 0 Å². The molecule has 3 atom stereocenters. The molecule has 14 heteroatoms. The van der Waals surface area contributed by atoms with Crippen LogP contribution in [0.25, 0.3) is 0 Å². The van der Waals surface area contributed by atoms with Gasteiger partial charge in [0.1, 0.15) is 17.7 Å². The van der Waals surface area contributed by atoms with Crippen LogP contribution in [0.2, 0.25) is 0 Å². The molecule has 0 bridgehead atoms. The van der Waals surface area contributed by atoms with Crippen LogP contribution in [0.5, 0.6) is 0 Å². The number of fused-ring (bicyclic) bond motifs is 1. The summed E-state index contributed by atoms with van der Waals surface area (Å²) >= 11 is 0. The highest BCUT2D eigenvalue weighted by molar-refractivity contribution is 7.92. The molecule has 0 aromatic heterocycles. The number of hydrogen-bond acceptors (Lipinski definition) is 5. The highest BCUT2D eigenvalue weighted by Crippen LogP contribution is 2.49. The molecule has 1 saturated heterocycles. The second-order valence-electron chi connectivity index (χ2n) is 10.3. The number of nitrogens with zero attached hydrogens (tertiary/aromatic N) is 1. The lowest BCUT2D eigenvalue weighted by Crippen LogP contribution is -2.47. The third-order valence-corrected chi connectivity index (χ3v) is 9.04. The molecule has 40 heavy (non-hydrogen) atoms. The summed E-state index contributed by atoms with van der Waals surface area (Å²) in [5, 5.41) is 11.3. The highest BCUT2D eigenvalue weighted by Gasteiger charge is 2.56. The smallest absolute Gasteiger partial charge is 0.419 e. The lowest BCUT2D eigenvalue weighted by molar-refractivity contribution is -0.141. The van der Waals surface area contributed by atoms with Gasteiger partial charge in [-0.2, -0.15) is 13.2 Å². The van der Waals surface area contributed by atoms with E-state index in [1.807, 2.05) is 0 Å². The first-order valence-corrected chi connectivity index (χ1v) is 14.1. The molecule has 3 fully saturated rings. The number of carboxylic acids is 1. The Labute approximate surface area is 225 Å². The van der Waals surface area contributed by atoms with Crippen molar-refractivity contribution in [1.29, 1.82) is 0 Å². The average Bonchev–Trinajstić information content (AvgIpc) is 3.80. The number of rotatable bonds is 8. The minimum atomic E-state index is -5.08. The second-order valence-corrected chi connectivity index (χ2v) is 12.3. The van der Waals surface area contributed by atoms with Crippen molar-refractivity contribution in [2.24, 2.45) is 5.92 Å². The van der Waals surface area contributed by atoms with Crippen molar-refractivity contribution in [3.63, 3.8) is 0 Å². The Kier molecular flexibility index (Phi) is 6.87. The number of aliphatic carboxylic acids is 1. The molecule has 1 heterocycles. The normalized spacial score (nSPS) is 22.1. The number of carbonyl (C=O) groups is 3. The number of hydrogen-bond donors (Lipinski definition) is 2. The van der Waals surface area contributed by atoms with Gasteiger partial charge in [-0.3, -0.25) is 14.4 Å². The summed E-state index contributed by atoms with van der Waals surface area (Å²) in [7, 11) is -4.22. The first-order chi connectivity index (χ1) is 18.7. The van der Waals surface area contributed by atoms with Gasteiger partial charge in [0.25, 0.3) is 5.91 Å². The zero-order valence-electron chi connectivity index (χ0n) is 20.7. The molecule has 5 rings (SSSR count). The van der Waals surface area contributed by atoms with Crippen molar-refractivity contribution in [2.45, 2.75) is 61.3 Å². The number of piperidine rings is 1. The van der Waals surface area contributed by atoms with Gasteiger partial charge in [0.05, 0.1) is 10.5 Å². The first kappa shape index (κ1) is 28.0. The predicted molar refractivity (Wildman–Crippen MR) is 128 cm³/mol. The van der Waals surface area contributed by atoms with Crippen molar-refractivity contribution in [1.82, 2.24) is 10.2 Å². The van der Waals surface area contributed by atoms with Gasteiger partial charge in [0, 0.05) is 29.3 Å². The topological polar surface area (TPSA) is 121 Å². The average molecular weight is 587 g/mol. The van der Waals surface area contributed by atoms with E-state index < -0.39 is 86.4 Å². The number of sulfone groups is 1. The summed E-state index contributed by atoms with van der Waals surface area (Å²) in [6.45, 7) is -0.601. The third kappa shape index (κ3) is 5.28. The van der Waals surface area contributed by atoms with Gasteiger partial charge in [-0.05, 0) is 61.8 Å². The van der Waals surface area contributed by atoms with Gasteiger partial charge in [0.15, 0.2) is 15.6 Å². The number of halogens is 5. The van der Waals surface area contributed by atoms with Crippen molar-refractivity contribution in [3.05, 3.63) is 64.2 Å². The van der Waals surface area contributed by atoms with E-state index in [-0.39, 0.29) is 41.7 Å². The van der Waals surface area contributed by atoms with Crippen LogP contribution in [0.3, 0.4) is 0 Å². The molecule has 2 aromatic rings. The zero-order valence-corrected chi connectivity index (χ0v) is 21.5. The monoisotopic (exact) mass is 586 g/mol. The molecule has 2 aromatic carbocycles. The van der Waals surface area contributed by atoms with Crippen molar-refractivity contribution >= 4 is 27.6 Å². The number of carbonyl (C=O) groups excluding carboxylic acids is 2. The molecule has 214 valence electrons. The van der Waals surface area contributed by atoms with E-state index in [2.05, 4.69) is 5.32 Å². The molecule has 1 aliphatic heterocycles. The summed E-state index contributed by atoms with van der Waals surface area (Å²) in [4.78, 5) is 38.2. The summed E-state index contributed by atoms with van der Waals surface area (Å²) < 4.78 is 94.4. The lowest BCUT2D eigenvalue weighted by atomic mass is 9.97. The van der Waals surface area contributed by atoms with Crippen LogP contribution in [-0.4, -0.2) is 54.0 Å². The fourth-order valence-electron chi connectivity index (χ4n) is 5.37. The minimum Gasteiger partial charge on any atom is -0.480 e. The van der Waals surface area contributed by atoms with Crippen LogP contribution in [-0.2, 0) is 32.1 Å². The number of amides is 2. The summed E-state index contributed by atoms with van der Waals surface area (Å²) in [6, 6.07) is 3.87. The van der Waals surface area contributed by atoms with Gasteiger partial charge < -0.3 is 15.3 Å². The quantitative estimate of drug-likeness (QED) is 0.456. The maximum atomic E-state index is 15.1. The van der Waals surface area contributed by atoms with E-state index in [4.69, 9.17) is 5.11 Å². The number of benzene rings is 2. The molecule has 2 amide bonds. The van der Waals surface area contributed by atoms with Crippen LogP contribution >= 0.6 is 0 Å². The molecular weight excluding hydrogens is 563 g/mol. The molecule has 3 aliphatic rings. The maximum absolute atomic E-state index is 15.1. The van der Waals surface area contributed by atoms with E-state index in [0.717, 1.165) is 12.1 Å². The van der Waals surface area contributed by atoms with Gasteiger partial charge >= 0.3 is 12.1 Å². The SMILES string of the molecule is O=C(O)CS(=O)(=O)c1cccc(C(=O)N2[C@@H](C(=O)NCc3cc(F)c(C(F)(F)F)c(C4CC4)c3F)C[C@H]3C[C@H]32)c1. The molecular formula is C26H23F5N2O6S. The second kappa shape index (κ2) is 9.82. The highest BCUT2D eigenvalue weighted by atomic mass is 32.2. The van der Waals surface area contributed by atoms with Gasteiger partial charge in [0.2, 0.25) is 5.91 Å². The minimum absolute atomic E-state index is 0.000319. The fraction of sp³-hybridized carbons (Fsp3) is 0.423. The molecule has 0 unspecified atom stereocenters. The van der Waals surface area contributed by atoms with E-state index in [0.29, 0.717) is 12.5 Å². The van der Waals surface area contributed by atoms with Crippen LogP contribution in [0.1, 0.15) is 58.6 Å². The van der Waals surface area contributed by atoms with Crippen molar-refractivity contribution < 1.29 is 49.9 Å². The molecule has 2 aliphatic carbocycles. The zero-order chi connectivity index (χ0) is 29.1. The van der Waals surface area contributed by atoms with Gasteiger partial charge in [-0.25, -0.2) is 17.2 Å². The van der Waals surface area contributed by atoms with E-state index in [9.17, 15) is 40.4 Å². The lowest BCUT2D eigenvalue weighted by Gasteiger charge is -2.27. The first-order valence-electron chi connectivity index (χ1n) is 12.4. The predicted octanol–water partition coefficient (Wildman–Crippen LogP) is 3.64. The Balaban J connectivity index is 1.35. The molecule has 0 radical (unpaired) electrons. The summed E-state index contributed by atoms with van der Waals surface area (Å²) in [5.41, 5.74) is -2.91. The maximum Gasteiger partial charge on any atom is 0.419 e. The van der Waals surface area contributed by atoms with Gasteiger partial charge in [-0.1, -0.05) is 6.07 Å². The Morgan fingerprint density at radius 3 is 2.40 bits per heavy atom. The van der Waals surface area contributed by atoms with Gasteiger partial charge in [-0.15, -0.1) is 0 Å². The van der Waals surface area contributed by atoms with Crippen molar-refractivity contribution in [2.75, 3.05) is 5.75 Å². The third-order valence-electron chi connectivity index (χ3n) is 7.44. The Morgan fingerprint density at radius 2 is 1.77 bits per heavy atom. The standard InChI is InChI=1S/C26H23F5N2O6S/c27-17-7-15(23(28)21(12-4-5-12)22(17)26(29,30)31)10-32-24(36)19-9-14-8-18(14)33(19)25(37)13-2-1-3-16(6-13)40(38,39)11-20(34)35/h1-3,6-7,12,14,18-19H,4-5,8-11H2,(H,32,36)(H,34,35)/t14-,18-,19-/m1/s1. The number of alkyl halides is 3. The van der Waals surface area contributed by atoms with Crippen LogP contribution in [0.15, 0.2) is 35.2 Å². The summed E-state index contributed by atoms with van der Waals surface area (Å²) in [6.07, 6.45) is -3.64. The fourth-order valence-corrected chi connectivity index (χ4v) is 6.46. The molecule has 8 nitrogen and oxygen atoms in total. The molecule has 2 saturated carbocycles. The number of carboxylic acid groups (broad SMARTS) is 1. The molecule has 2 N–H and O–H groups in total. The Morgan fingerprint density at radius 1 is 1.07 bits per heavy atom. The van der Waals surface area contributed by atoms with Crippen LogP contribution in [0.4, 0.5) is 22.0 Å². The van der Waals surface area contributed by atoms with E-state index in [1.165, 1.54) is 17.0 Å². The largest absolute Gasteiger partial charge is 0.480 e.